The first-order valence-electron chi connectivity index (χ1n) is 4.32. The number of aliphatic carboxylic acids is 1. The summed E-state index contributed by atoms with van der Waals surface area (Å²) in [5, 5.41) is 8.66. The van der Waals surface area contributed by atoms with Gasteiger partial charge in [0.05, 0.1) is 7.05 Å². The summed E-state index contributed by atoms with van der Waals surface area (Å²) in [6, 6.07) is 0. The second kappa shape index (κ2) is 3.60. The maximum Gasteiger partial charge on any atom is 0.346 e. The van der Waals surface area contributed by atoms with E-state index in [-0.39, 0.29) is 6.54 Å². The Morgan fingerprint density at radius 1 is 1.69 bits per heavy atom. The summed E-state index contributed by atoms with van der Waals surface area (Å²) in [5.41, 5.74) is 1.08. The van der Waals surface area contributed by atoms with Crippen molar-refractivity contribution in [3.8, 4) is 0 Å². The summed E-state index contributed by atoms with van der Waals surface area (Å²) in [6.45, 7) is 4.04. The molecule has 0 amide bonds. The third-order valence-corrected chi connectivity index (χ3v) is 2.21. The van der Waals surface area contributed by atoms with Gasteiger partial charge in [0.1, 0.15) is 11.9 Å². The predicted octanol–water partition coefficient (Wildman–Crippen LogP) is 0.268. The van der Waals surface area contributed by atoms with Gasteiger partial charge in [-0.15, -0.1) is 0 Å². The topological polar surface area (TPSA) is 46.1 Å². The maximum atomic E-state index is 10.5. The highest BCUT2D eigenvalue weighted by Crippen LogP contribution is 1.99. The molecule has 1 rings (SSSR count). The molecule has 0 aliphatic rings. The largest absolute Gasteiger partial charge is 0.478 e. The molecule has 0 spiro atoms. The Bertz CT molecular complexity index is 329. The van der Waals surface area contributed by atoms with Crippen molar-refractivity contribution in [3.05, 3.63) is 17.7 Å². The summed E-state index contributed by atoms with van der Waals surface area (Å²) < 4.78 is 3.79. The van der Waals surface area contributed by atoms with Crippen LogP contribution in [-0.4, -0.2) is 15.6 Å². The fourth-order valence-corrected chi connectivity index (χ4v) is 1.51. The molecule has 4 heteroatoms. The molecule has 0 saturated heterocycles. The van der Waals surface area contributed by atoms with Gasteiger partial charge < -0.3 is 5.11 Å². The van der Waals surface area contributed by atoms with Crippen LogP contribution in [0.5, 0.6) is 0 Å². The minimum absolute atomic E-state index is 0.0465. The van der Waals surface area contributed by atoms with Crippen molar-refractivity contribution in [2.45, 2.75) is 26.8 Å². The van der Waals surface area contributed by atoms with Gasteiger partial charge in [0.15, 0.2) is 6.54 Å². The van der Waals surface area contributed by atoms with Crippen LogP contribution in [0.4, 0.5) is 0 Å². The van der Waals surface area contributed by atoms with E-state index in [9.17, 15) is 4.79 Å². The monoisotopic (exact) mass is 183 g/mol. The Balaban J connectivity index is 3.06. The smallest absolute Gasteiger partial charge is 0.346 e. The molecule has 0 aliphatic carbocycles. The normalized spacial score (nSPS) is 10.4. The van der Waals surface area contributed by atoms with E-state index < -0.39 is 5.97 Å². The number of nitrogens with zero attached hydrogens (tertiary/aromatic N) is 2. The summed E-state index contributed by atoms with van der Waals surface area (Å²) in [4.78, 5) is 10.5. The molecule has 0 aliphatic heterocycles. The van der Waals surface area contributed by atoms with Crippen LogP contribution >= 0.6 is 0 Å². The van der Waals surface area contributed by atoms with Crippen molar-refractivity contribution in [1.29, 1.82) is 0 Å². The van der Waals surface area contributed by atoms with Crippen molar-refractivity contribution in [1.82, 2.24) is 4.57 Å². The van der Waals surface area contributed by atoms with Gasteiger partial charge in [-0.25, -0.2) is 13.9 Å². The van der Waals surface area contributed by atoms with Gasteiger partial charge in [0.2, 0.25) is 0 Å². The molecule has 72 valence electrons. The number of carboxylic acids is 1. The Kier molecular flexibility index (Phi) is 2.70. The van der Waals surface area contributed by atoms with Crippen molar-refractivity contribution < 1.29 is 14.5 Å². The molecule has 0 atom stereocenters. The SMILES string of the molecule is CCc1n(C)c(C)c[n+]1CC(=O)O. The average molecular weight is 183 g/mol. The Hall–Kier alpha value is -1.32. The highest BCUT2D eigenvalue weighted by atomic mass is 16.4. The van der Waals surface area contributed by atoms with Crippen LogP contribution < -0.4 is 4.57 Å². The molecule has 4 nitrogen and oxygen atoms in total. The molecule has 0 unspecified atom stereocenters. The number of imidazole rings is 1. The molecule has 1 N–H and O–H groups in total. The minimum Gasteiger partial charge on any atom is -0.478 e. The summed E-state index contributed by atoms with van der Waals surface area (Å²) in [5.74, 6) is 0.241. The lowest BCUT2D eigenvalue weighted by atomic mass is 10.4. The van der Waals surface area contributed by atoms with Crippen LogP contribution in [-0.2, 0) is 24.8 Å². The van der Waals surface area contributed by atoms with Crippen molar-refractivity contribution in [3.63, 3.8) is 0 Å². The minimum atomic E-state index is -0.801. The molecular formula is C9H15N2O2+. The van der Waals surface area contributed by atoms with Crippen LogP contribution in [0, 0.1) is 6.92 Å². The highest BCUT2D eigenvalue weighted by Gasteiger charge is 2.17. The number of carboxylic acid groups (broad SMARTS) is 1. The Labute approximate surface area is 77.4 Å². The molecule has 0 radical (unpaired) electrons. The van der Waals surface area contributed by atoms with Crippen LogP contribution in [0.25, 0.3) is 0 Å². The van der Waals surface area contributed by atoms with Crippen molar-refractivity contribution >= 4 is 5.97 Å². The number of rotatable bonds is 3. The van der Waals surface area contributed by atoms with Gasteiger partial charge in [0, 0.05) is 13.3 Å². The third-order valence-electron chi connectivity index (χ3n) is 2.21. The predicted molar refractivity (Wildman–Crippen MR) is 47.4 cm³/mol. The van der Waals surface area contributed by atoms with Gasteiger partial charge in [-0.2, -0.15) is 0 Å². The number of hydrogen-bond donors (Lipinski definition) is 1. The van der Waals surface area contributed by atoms with Crippen LogP contribution in [0.3, 0.4) is 0 Å². The lowest BCUT2D eigenvalue weighted by molar-refractivity contribution is -0.692. The molecule has 1 aromatic rings. The van der Waals surface area contributed by atoms with E-state index in [0.29, 0.717) is 0 Å². The number of aromatic nitrogens is 2. The van der Waals surface area contributed by atoms with E-state index in [1.165, 1.54) is 0 Å². The van der Waals surface area contributed by atoms with E-state index in [1.54, 1.807) is 4.57 Å². The Morgan fingerprint density at radius 3 is 2.77 bits per heavy atom. The van der Waals surface area contributed by atoms with Crippen molar-refractivity contribution in [2.75, 3.05) is 0 Å². The Morgan fingerprint density at radius 2 is 2.31 bits per heavy atom. The van der Waals surface area contributed by atoms with Crippen LogP contribution in [0.1, 0.15) is 18.4 Å². The van der Waals surface area contributed by atoms with E-state index in [2.05, 4.69) is 0 Å². The number of carbonyl (C=O) groups is 1. The number of aryl methyl sites for hydroxylation is 1. The van der Waals surface area contributed by atoms with Gasteiger partial charge in [-0.3, -0.25) is 0 Å². The molecule has 1 aromatic heterocycles. The quantitative estimate of drug-likeness (QED) is 0.684. The first kappa shape index (κ1) is 9.77. The maximum absolute atomic E-state index is 10.5. The number of hydrogen-bond acceptors (Lipinski definition) is 1. The first-order chi connectivity index (χ1) is 6.06. The summed E-state index contributed by atoms with van der Waals surface area (Å²) in [6.07, 6.45) is 2.71. The highest BCUT2D eigenvalue weighted by molar-refractivity contribution is 5.64. The zero-order valence-corrected chi connectivity index (χ0v) is 8.24. The second-order valence-electron chi connectivity index (χ2n) is 3.12. The van der Waals surface area contributed by atoms with Gasteiger partial charge in [-0.05, 0) is 0 Å². The van der Waals surface area contributed by atoms with Gasteiger partial charge >= 0.3 is 5.97 Å². The van der Waals surface area contributed by atoms with Crippen LogP contribution in [0.2, 0.25) is 0 Å². The molecule has 0 aromatic carbocycles. The van der Waals surface area contributed by atoms with E-state index in [0.717, 1.165) is 17.9 Å². The lowest BCUT2D eigenvalue weighted by Gasteiger charge is -1.96. The van der Waals surface area contributed by atoms with E-state index in [4.69, 9.17) is 5.11 Å². The van der Waals surface area contributed by atoms with Gasteiger partial charge in [0.25, 0.3) is 5.82 Å². The molecule has 0 saturated carbocycles. The van der Waals surface area contributed by atoms with Crippen LogP contribution in [0.15, 0.2) is 6.20 Å². The van der Waals surface area contributed by atoms with E-state index >= 15 is 0 Å². The molecule has 1 heterocycles. The standard InChI is InChI=1S/C9H14N2O2/c1-4-8-10(3)7(2)5-11(8)6-9(12)13/h5H,4,6H2,1-3H3/p+1. The van der Waals surface area contributed by atoms with Gasteiger partial charge in [-0.1, -0.05) is 6.92 Å². The molecule has 13 heavy (non-hydrogen) atoms. The fraction of sp³-hybridized carbons (Fsp3) is 0.556. The van der Waals surface area contributed by atoms with E-state index in [1.807, 2.05) is 31.7 Å². The summed E-state index contributed by atoms with van der Waals surface area (Å²) >= 11 is 0. The third kappa shape index (κ3) is 1.88. The lowest BCUT2D eigenvalue weighted by Crippen LogP contribution is -2.40. The zero-order valence-electron chi connectivity index (χ0n) is 8.24. The fourth-order valence-electron chi connectivity index (χ4n) is 1.51. The van der Waals surface area contributed by atoms with Crippen molar-refractivity contribution in [2.24, 2.45) is 7.05 Å². The summed E-state index contributed by atoms with van der Waals surface area (Å²) in [7, 11) is 1.95. The molecule has 0 fully saturated rings. The second-order valence-corrected chi connectivity index (χ2v) is 3.12. The molecule has 0 bridgehead atoms. The first-order valence-corrected chi connectivity index (χ1v) is 4.32. The average Bonchev–Trinajstić information content (AvgIpc) is 2.27. The zero-order chi connectivity index (χ0) is 10.0. The molecular weight excluding hydrogens is 168 g/mol.